The van der Waals surface area contributed by atoms with E-state index in [-0.39, 0.29) is 24.6 Å². The molecule has 5 nitrogen and oxygen atoms in total. The second-order valence-electron chi connectivity index (χ2n) is 6.62. The molecule has 0 fully saturated rings. The molecule has 0 spiro atoms. The van der Waals surface area contributed by atoms with E-state index >= 15 is 0 Å². The summed E-state index contributed by atoms with van der Waals surface area (Å²) in [6, 6.07) is 22.7. The summed E-state index contributed by atoms with van der Waals surface area (Å²) in [5, 5.41) is 4.54. The fourth-order valence-corrected chi connectivity index (χ4v) is 3.36. The molecule has 0 saturated heterocycles. The van der Waals surface area contributed by atoms with Crippen molar-refractivity contribution >= 4 is 21.9 Å². The van der Waals surface area contributed by atoms with Crippen molar-refractivity contribution in [3.63, 3.8) is 0 Å². The minimum absolute atomic E-state index is 0.0741. The van der Waals surface area contributed by atoms with Crippen LogP contribution in [0.5, 0.6) is 5.75 Å². The molecule has 0 bridgehead atoms. The van der Waals surface area contributed by atoms with Crippen molar-refractivity contribution < 1.29 is 18.7 Å². The normalized spacial score (nSPS) is 10.6. The van der Waals surface area contributed by atoms with Gasteiger partial charge in [0.05, 0.1) is 5.69 Å². The number of hydrogen-bond donors (Lipinski definition) is 0. The summed E-state index contributed by atoms with van der Waals surface area (Å²) in [5.41, 5.74) is 2.12. The summed E-state index contributed by atoms with van der Waals surface area (Å²) >= 11 is 3.38. The molecule has 0 unspecified atom stereocenters. The van der Waals surface area contributed by atoms with Gasteiger partial charge in [-0.1, -0.05) is 40.2 Å². The molecule has 4 aromatic rings. The first-order valence-electron chi connectivity index (χ1n) is 9.57. The van der Waals surface area contributed by atoms with E-state index in [4.69, 9.17) is 9.47 Å². The highest BCUT2D eigenvalue weighted by Gasteiger charge is 2.20. The maximum Gasteiger partial charge on any atom is 0.342 e. The van der Waals surface area contributed by atoms with E-state index in [1.807, 2.05) is 54.6 Å². The smallest absolute Gasteiger partial charge is 0.342 e. The van der Waals surface area contributed by atoms with Crippen LogP contribution in [-0.2, 0) is 4.74 Å². The lowest BCUT2D eigenvalue weighted by atomic mass is 10.1. The second-order valence-corrected chi connectivity index (χ2v) is 7.54. The van der Waals surface area contributed by atoms with Crippen LogP contribution in [0.2, 0.25) is 0 Å². The zero-order valence-corrected chi connectivity index (χ0v) is 18.0. The molecule has 0 aliphatic carbocycles. The summed E-state index contributed by atoms with van der Waals surface area (Å²) in [6.07, 6.45) is 1.62. The highest BCUT2D eigenvalue weighted by molar-refractivity contribution is 9.10. The number of hydrogen-bond acceptors (Lipinski definition) is 4. The number of esters is 1. The molecule has 1 heterocycles. The molecular formula is C24H18BrFN2O3. The molecule has 0 atom stereocenters. The van der Waals surface area contributed by atoms with Gasteiger partial charge in [-0.25, -0.2) is 13.9 Å². The Balaban J connectivity index is 1.52. The molecule has 156 valence electrons. The van der Waals surface area contributed by atoms with Crippen LogP contribution in [0, 0.1) is 5.82 Å². The lowest BCUT2D eigenvalue weighted by Crippen LogP contribution is -2.12. The minimum atomic E-state index is -0.528. The van der Waals surface area contributed by atoms with Crippen LogP contribution < -0.4 is 4.74 Å². The number of aromatic nitrogens is 2. The first-order valence-corrected chi connectivity index (χ1v) is 10.4. The first-order chi connectivity index (χ1) is 15.1. The molecule has 0 aliphatic heterocycles. The van der Waals surface area contributed by atoms with E-state index < -0.39 is 5.97 Å². The van der Waals surface area contributed by atoms with Crippen molar-refractivity contribution in [3.8, 4) is 22.7 Å². The van der Waals surface area contributed by atoms with E-state index in [1.54, 1.807) is 23.0 Å². The van der Waals surface area contributed by atoms with Crippen LogP contribution >= 0.6 is 15.9 Å². The van der Waals surface area contributed by atoms with Crippen LogP contribution in [0.4, 0.5) is 4.39 Å². The fraction of sp³-hybridized carbons (Fsp3) is 0.0833. The standard InChI is InChI=1S/C24H18BrFN2O3/c25-18-5-4-8-21(15-18)30-13-14-31-24(29)22-16-28(20-6-2-1-3-7-20)27-23(22)17-9-11-19(26)12-10-17/h1-12,15-16H,13-14H2. The minimum Gasteiger partial charge on any atom is -0.490 e. The predicted octanol–water partition coefficient (Wildman–Crippen LogP) is 5.68. The molecule has 31 heavy (non-hydrogen) atoms. The topological polar surface area (TPSA) is 53.4 Å². The summed E-state index contributed by atoms with van der Waals surface area (Å²) in [7, 11) is 0. The highest BCUT2D eigenvalue weighted by atomic mass is 79.9. The number of nitrogens with zero attached hydrogens (tertiary/aromatic N) is 2. The summed E-state index contributed by atoms with van der Waals surface area (Å²) in [6.45, 7) is 0.283. The fourth-order valence-electron chi connectivity index (χ4n) is 2.99. The first kappa shape index (κ1) is 20.8. The zero-order chi connectivity index (χ0) is 21.6. The van der Waals surface area contributed by atoms with E-state index in [1.165, 1.54) is 12.1 Å². The third-order valence-corrected chi connectivity index (χ3v) is 4.95. The van der Waals surface area contributed by atoms with Gasteiger partial charge in [-0.2, -0.15) is 5.10 Å². The van der Waals surface area contributed by atoms with Gasteiger partial charge in [-0.05, 0) is 54.6 Å². The molecule has 4 rings (SSSR count). The third-order valence-electron chi connectivity index (χ3n) is 4.45. The summed E-state index contributed by atoms with van der Waals surface area (Å²) < 4.78 is 26.9. The number of benzene rings is 3. The van der Waals surface area contributed by atoms with Gasteiger partial charge >= 0.3 is 5.97 Å². The molecular weight excluding hydrogens is 463 g/mol. The Kier molecular flexibility index (Phi) is 6.43. The Labute approximate surface area is 187 Å². The molecule has 0 aliphatic rings. The SMILES string of the molecule is O=C(OCCOc1cccc(Br)c1)c1cn(-c2ccccc2)nc1-c1ccc(F)cc1. The Morgan fingerprint density at radius 3 is 2.48 bits per heavy atom. The lowest BCUT2D eigenvalue weighted by Gasteiger charge is -2.08. The van der Waals surface area contributed by atoms with Crippen molar-refractivity contribution in [2.45, 2.75) is 0 Å². The van der Waals surface area contributed by atoms with Gasteiger partial charge in [0, 0.05) is 16.2 Å². The maximum atomic E-state index is 13.4. The van der Waals surface area contributed by atoms with Crippen LogP contribution in [0.15, 0.2) is 89.5 Å². The van der Waals surface area contributed by atoms with Crippen molar-refractivity contribution in [3.05, 3.63) is 101 Å². The lowest BCUT2D eigenvalue weighted by molar-refractivity contribution is 0.0451. The number of halogens is 2. The number of rotatable bonds is 7. The Morgan fingerprint density at radius 2 is 1.74 bits per heavy atom. The van der Waals surface area contributed by atoms with Crippen molar-refractivity contribution in [2.75, 3.05) is 13.2 Å². The van der Waals surface area contributed by atoms with Crippen LogP contribution in [0.3, 0.4) is 0 Å². The number of ether oxygens (including phenoxy) is 2. The average molecular weight is 481 g/mol. The molecule has 3 aromatic carbocycles. The van der Waals surface area contributed by atoms with Gasteiger partial charge in [-0.3, -0.25) is 0 Å². The van der Waals surface area contributed by atoms with Gasteiger partial charge in [0.1, 0.15) is 36.0 Å². The predicted molar refractivity (Wildman–Crippen MR) is 119 cm³/mol. The van der Waals surface area contributed by atoms with Gasteiger partial charge in [0.15, 0.2) is 0 Å². The number of carbonyl (C=O) groups excluding carboxylic acids is 1. The van der Waals surface area contributed by atoms with E-state index in [0.717, 1.165) is 10.2 Å². The number of para-hydroxylation sites is 1. The van der Waals surface area contributed by atoms with E-state index in [0.29, 0.717) is 17.0 Å². The summed E-state index contributed by atoms with van der Waals surface area (Å²) in [4.78, 5) is 12.8. The molecule has 7 heteroatoms. The molecule has 1 aromatic heterocycles. The van der Waals surface area contributed by atoms with Crippen molar-refractivity contribution in [1.29, 1.82) is 0 Å². The summed E-state index contributed by atoms with van der Waals surface area (Å²) in [5.74, 6) is -0.214. The highest BCUT2D eigenvalue weighted by Crippen LogP contribution is 2.25. The number of carbonyl (C=O) groups is 1. The van der Waals surface area contributed by atoms with E-state index in [2.05, 4.69) is 21.0 Å². The third kappa shape index (κ3) is 5.19. The zero-order valence-electron chi connectivity index (χ0n) is 16.4. The van der Waals surface area contributed by atoms with Gasteiger partial charge in [-0.15, -0.1) is 0 Å². The van der Waals surface area contributed by atoms with Crippen LogP contribution in [-0.4, -0.2) is 29.0 Å². The Hall–Kier alpha value is -3.45. The Morgan fingerprint density at radius 1 is 0.968 bits per heavy atom. The van der Waals surface area contributed by atoms with Gasteiger partial charge < -0.3 is 9.47 Å². The largest absolute Gasteiger partial charge is 0.490 e. The van der Waals surface area contributed by atoms with Crippen LogP contribution in [0.1, 0.15) is 10.4 Å². The average Bonchev–Trinajstić information content (AvgIpc) is 3.23. The molecule has 0 saturated carbocycles. The molecule has 0 radical (unpaired) electrons. The van der Waals surface area contributed by atoms with Crippen molar-refractivity contribution in [1.82, 2.24) is 9.78 Å². The van der Waals surface area contributed by atoms with Gasteiger partial charge in [0.2, 0.25) is 0 Å². The monoisotopic (exact) mass is 480 g/mol. The quantitative estimate of drug-likeness (QED) is 0.252. The Bertz CT molecular complexity index is 1180. The molecule has 0 N–H and O–H groups in total. The van der Waals surface area contributed by atoms with Gasteiger partial charge in [0.25, 0.3) is 0 Å². The van der Waals surface area contributed by atoms with Crippen LogP contribution in [0.25, 0.3) is 16.9 Å². The van der Waals surface area contributed by atoms with Crippen molar-refractivity contribution in [2.24, 2.45) is 0 Å². The van der Waals surface area contributed by atoms with E-state index in [9.17, 15) is 9.18 Å². The second kappa shape index (κ2) is 9.57. The molecule has 0 amide bonds. The maximum absolute atomic E-state index is 13.4.